The molecule has 3 aromatic rings. The van der Waals surface area contributed by atoms with Crippen molar-refractivity contribution in [3.63, 3.8) is 0 Å². The molecule has 2 aromatic heterocycles. The van der Waals surface area contributed by atoms with E-state index in [1.807, 2.05) is 6.07 Å². The zero-order valence-electron chi connectivity index (χ0n) is 10.9. The number of anilines is 1. The molecular weight excluding hydrogens is 254 g/mol. The van der Waals surface area contributed by atoms with Crippen molar-refractivity contribution in [1.82, 2.24) is 9.97 Å². The third-order valence-electron chi connectivity index (χ3n) is 2.88. The summed E-state index contributed by atoms with van der Waals surface area (Å²) in [5.41, 5.74) is 2.40. The molecule has 19 heavy (non-hydrogen) atoms. The van der Waals surface area contributed by atoms with Crippen LogP contribution in [0.4, 0.5) is 5.82 Å². The number of nitrogens with one attached hydrogen (secondary N) is 1. The lowest BCUT2D eigenvalue weighted by atomic mass is 10.1. The van der Waals surface area contributed by atoms with Crippen LogP contribution in [0.2, 0.25) is 0 Å². The summed E-state index contributed by atoms with van der Waals surface area (Å²) in [5.74, 6) is 0.917. The predicted molar refractivity (Wildman–Crippen MR) is 81.6 cm³/mol. The summed E-state index contributed by atoms with van der Waals surface area (Å²) in [5, 5.41) is 6.67. The number of fused-ring (bicyclic) bond motifs is 1. The molecule has 96 valence electrons. The lowest BCUT2D eigenvalue weighted by molar-refractivity contribution is 0.890. The zero-order valence-corrected chi connectivity index (χ0v) is 11.7. The van der Waals surface area contributed by atoms with Crippen LogP contribution in [-0.2, 0) is 0 Å². The van der Waals surface area contributed by atoms with Crippen LogP contribution < -0.4 is 5.32 Å². The first-order valence-corrected chi connectivity index (χ1v) is 7.18. The molecular formula is C15H15N3S. The first-order chi connectivity index (χ1) is 9.25. The summed E-state index contributed by atoms with van der Waals surface area (Å²) in [7, 11) is 0. The molecule has 0 bridgehead atoms. The maximum Gasteiger partial charge on any atom is 0.139 e. The van der Waals surface area contributed by atoms with Gasteiger partial charge in [-0.15, -0.1) is 11.3 Å². The third kappa shape index (κ3) is 2.31. The summed E-state index contributed by atoms with van der Waals surface area (Å²) in [6.45, 7) is 4.23. The lowest BCUT2D eigenvalue weighted by Gasteiger charge is -2.10. The average Bonchev–Trinajstić information content (AvgIpc) is 2.84. The van der Waals surface area contributed by atoms with E-state index >= 15 is 0 Å². The average molecular weight is 269 g/mol. The first-order valence-electron chi connectivity index (χ1n) is 6.30. The Balaban J connectivity index is 2.21. The highest BCUT2D eigenvalue weighted by atomic mass is 32.1. The van der Waals surface area contributed by atoms with Crippen molar-refractivity contribution in [3.05, 3.63) is 42.0 Å². The van der Waals surface area contributed by atoms with E-state index in [1.54, 1.807) is 17.7 Å². The fourth-order valence-corrected chi connectivity index (χ4v) is 3.00. The second kappa shape index (κ2) is 4.97. The van der Waals surface area contributed by atoms with Crippen molar-refractivity contribution in [1.29, 1.82) is 0 Å². The van der Waals surface area contributed by atoms with Crippen molar-refractivity contribution in [2.75, 3.05) is 5.32 Å². The normalized spacial score (nSPS) is 11.1. The highest BCUT2D eigenvalue weighted by molar-refractivity contribution is 7.17. The Labute approximate surface area is 116 Å². The van der Waals surface area contributed by atoms with Gasteiger partial charge in [0, 0.05) is 17.0 Å². The topological polar surface area (TPSA) is 37.8 Å². The summed E-state index contributed by atoms with van der Waals surface area (Å²) in [6.07, 6.45) is 1.62. The Kier molecular flexibility index (Phi) is 3.17. The summed E-state index contributed by atoms with van der Waals surface area (Å²) in [6, 6.07) is 10.7. The van der Waals surface area contributed by atoms with Gasteiger partial charge in [-0.1, -0.05) is 30.3 Å². The molecule has 3 nitrogen and oxygen atoms in total. The quantitative estimate of drug-likeness (QED) is 0.775. The van der Waals surface area contributed by atoms with Crippen LogP contribution in [0.5, 0.6) is 0 Å². The minimum absolute atomic E-state index is 0.349. The second-order valence-corrected chi connectivity index (χ2v) is 5.57. The van der Waals surface area contributed by atoms with Gasteiger partial charge in [0.1, 0.15) is 17.0 Å². The van der Waals surface area contributed by atoms with Crippen LogP contribution in [0.15, 0.2) is 42.0 Å². The van der Waals surface area contributed by atoms with E-state index in [0.717, 1.165) is 16.0 Å². The van der Waals surface area contributed by atoms with E-state index in [1.165, 1.54) is 11.1 Å². The van der Waals surface area contributed by atoms with Crippen molar-refractivity contribution in [3.8, 4) is 11.1 Å². The van der Waals surface area contributed by atoms with E-state index in [9.17, 15) is 0 Å². The Morgan fingerprint density at radius 1 is 1.11 bits per heavy atom. The Bertz CT molecular complexity index is 689. The van der Waals surface area contributed by atoms with Crippen molar-refractivity contribution in [2.45, 2.75) is 19.9 Å². The van der Waals surface area contributed by atoms with Gasteiger partial charge in [0.25, 0.3) is 0 Å². The molecule has 0 aliphatic heterocycles. The number of hydrogen-bond donors (Lipinski definition) is 1. The van der Waals surface area contributed by atoms with Gasteiger partial charge in [-0.25, -0.2) is 9.97 Å². The molecule has 4 heteroatoms. The molecule has 1 aromatic carbocycles. The molecule has 0 atom stereocenters. The molecule has 0 saturated heterocycles. The van der Waals surface area contributed by atoms with Crippen LogP contribution in [0, 0.1) is 0 Å². The highest BCUT2D eigenvalue weighted by Crippen LogP contribution is 2.36. The van der Waals surface area contributed by atoms with E-state index < -0.39 is 0 Å². The fraction of sp³-hybridized carbons (Fsp3) is 0.200. The smallest absolute Gasteiger partial charge is 0.139 e. The van der Waals surface area contributed by atoms with Crippen molar-refractivity contribution in [2.24, 2.45) is 0 Å². The zero-order chi connectivity index (χ0) is 13.2. The number of thiophene rings is 1. The molecule has 0 spiro atoms. The van der Waals surface area contributed by atoms with Gasteiger partial charge in [0.2, 0.25) is 0 Å². The maximum absolute atomic E-state index is 4.39. The highest BCUT2D eigenvalue weighted by Gasteiger charge is 2.13. The van der Waals surface area contributed by atoms with E-state index in [4.69, 9.17) is 0 Å². The second-order valence-electron chi connectivity index (χ2n) is 4.72. The predicted octanol–water partition coefficient (Wildman–Crippen LogP) is 4.18. The molecule has 0 unspecified atom stereocenters. The van der Waals surface area contributed by atoms with E-state index in [2.05, 4.69) is 58.8 Å². The van der Waals surface area contributed by atoms with Crippen molar-refractivity contribution < 1.29 is 0 Å². The molecule has 0 aliphatic rings. The Morgan fingerprint density at radius 3 is 2.63 bits per heavy atom. The van der Waals surface area contributed by atoms with Crippen molar-refractivity contribution >= 4 is 27.4 Å². The molecule has 0 aliphatic carbocycles. The minimum atomic E-state index is 0.349. The fourth-order valence-electron chi connectivity index (χ4n) is 2.09. The van der Waals surface area contributed by atoms with Crippen LogP contribution in [0.25, 0.3) is 21.3 Å². The molecule has 1 N–H and O–H groups in total. The van der Waals surface area contributed by atoms with Crippen LogP contribution in [-0.4, -0.2) is 16.0 Å². The SMILES string of the molecule is CC(C)Nc1ncnc2scc(-c3ccccc3)c12. The van der Waals surface area contributed by atoms with Gasteiger partial charge in [-0.2, -0.15) is 0 Å². The summed E-state index contributed by atoms with van der Waals surface area (Å²) >= 11 is 1.66. The molecule has 2 heterocycles. The molecule has 0 fully saturated rings. The summed E-state index contributed by atoms with van der Waals surface area (Å²) in [4.78, 5) is 9.78. The number of nitrogens with zero attached hydrogens (tertiary/aromatic N) is 2. The summed E-state index contributed by atoms with van der Waals surface area (Å²) < 4.78 is 0. The molecule has 0 saturated carbocycles. The first kappa shape index (κ1) is 12.1. The van der Waals surface area contributed by atoms with Gasteiger partial charge in [-0.05, 0) is 19.4 Å². The number of hydrogen-bond acceptors (Lipinski definition) is 4. The van der Waals surface area contributed by atoms with Crippen LogP contribution >= 0.6 is 11.3 Å². The minimum Gasteiger partial charge on any atom is -0.367 e. The van der Waals surface area contributed by atoms with Gasteiger partial charge in [0.15, 0.2) is 0 Å². The van der Waals surface area contributed by atoms with Gasteiger partial charge >= 0.3 is 0 Å². The number of rotatable bonds is 3. The number of benzene rings is 1. The van der Waals surface area contributed by atoms with Gasteiger partial charge in [0.05, 0.1) is 5.39 Å². The molecule has 0 radical (unpaired) electrons. The van der Waals surface area contributed by atoms with Crippen LogP contribution in [0.1, 0.15) is 13.8 Å². The molecule has 0 amide bonds. The van der Waals surface area contributed by atoms with Crippen LogP contribution in [0.3, 0.4) is 0 Å². The standard InChI is InChI=1S/C15H15N3S/c1-10(2)18-14-13-12(11-6-4-3-5-7-11)8-19-15(13)17-9-16-14/h3-10H,1-2H3,(H,16,17,18). The Morgan fingerprint density at radius 2 is 1.89 bits per heavy atom. The monoisotopic (exact) mass is 269 g/mol. The maximum atomic E-state index is 4.39. The van der Waals surface area contributed by atoms with Gasteiger partial charge < -0.3 is 5.32 Å². The van der Waals surface area contributed by atoms with E-state index in [-0.39, 0.29) is 0 Å². The Hall–Kier alpha value is -1.94. The molecule has 3 rings (SSSR count). The van der Waals surface area contributed by atoms with Gasteiger partial charge in [-0.3, -0.25) is 0 Å². The lowest BCUT2D eigenvalue weighted by Crippen LogP contribution is -2.11. The number of aromatic nitrogens is 2. The van der Waals surface area contributed by atoms with E-state index in [0.29, 0.717) is 6.04 Å². The third-order valence-corrected chi connectivity index (χ3v) is 3.77. The largest absolute Gasteiger partial charge is 0.367 e.